The number of nitrogens with zero attached hydrogens (tertiary/aromatic N) is 1. The lowest BCUT2D eigenvalue weighted by molar-refractivity contribution is -0.150. The Balaban J connectivity index is 2.04. The van der Waals surface area contributed by atoms with Crippen LogP contribution in [0, 0.1) is 5.41 Å². The number of urea groups is 1. The van der Waals surface area contributed by atoms with Crippen LogP contribution in [-0.4, -0.2) is 35.1 Å². The second-order valence-electron chi connectivity index (χ2n) is 5.33. The first-order chi connectivity index (χ1) is 9.40. The molecule has 2 amide bonds. The monoisotopic (exact) mass is 340 g/mol. The summed E-state index contributed by atoms with van der Waals surface area (Å²) in [7, 11) is 0. The maximum atomic E-state index is 12.2. The zero-order chi connectivity index (χ0) is 14.8. The number of rotatable bonds is 2. The van der Waals surface area contributed by atoms with Crippen molar-refractivity contribution in [1.82, 2.24) is 4.90 Å². The van der Waals surface area contributed by atoms with E-state index in [0.29, 0.717) is 25.1 Å². The van der Waals surface area contributed by atoms with Crippen LogP contribution in [0.5, 0.6) is 0 Å². The van der Waals surface area contributed by atoms with Gasteiger partial charge in [0, 0.05) is 23.2 Å². The van der Waals surface area contributed by atoms with Gasteiger partial charge in [0.05, 0.1) is 5.41 Å². The van der Waals surface area contributed by atoms with Gasteiger partial charge in [0.2, 0.25) is 0 Å². The van der Waals surface area contributed by atoms with Crippen LogP contribution in [-0.2, 0) is 4.79 Å². The molecule has 108 valence electrons. The fourth-order valence-electron chi connectivity index (χ4n) is 2.36. The molecule has 6 heteroatoms. The van der Waals surface area contributed by atoms with Gasteiger partial charge in [0.25, 0.3) is 0 Å². The summed E-state index contributed by atoms with van der Waals surface area (Å²) in [6.07, 6.45) is 1.30. The molecule has 1 aliphatic heterocycles. The Bertz CT molecular complexity index is 535. The van der Waals surface area contributed by atoms with Crippen LogP contribution >= 0.6 is 15.9 Å². The van der Waals surface area contributed by atoms with Crippen molar-refractivity contribution in [2.75, 3.05) is 18.4 Å². The van der Waals surface area contributed by atoms with Gasteiger partial charge in [-0.05, 0) is 38.0 Å². The van der Waals surface area contributed by atoms with E-state index in [9.17, 15) is 14.7 Å². The minimum atomic E-state index is -0.854. The molecule has 2 N–H and O–H groups in total. The first-order valence-corrected chi connectivity index (χ1v) is 7.25. The first kappa shape index (κ1) is 14.8. The number of likely N-dealkylation sites (tertiary alicyclic amines) is 1. The Hall–Kier alpha value is -1.56. The Morgan fingerprint density at radius 2 is 2.20 bits per heavy atom. The van der Waals surface area contributed by atoms with Gasteiger partial charge >= 0.3 is 12.0 Å². The van der Waals surface area contributed by atoms with Gasteiger partial charge in [-0.25, -0.2) is 4.79 Å². The highest BCUT2D eigenvalue weighted by atomic mass is 79.9. The van der Waals surface area contributed by atoms with Crippen LogP contribution in [0.15, 0.2) is 28.7 Å². The Morgan fingerprint density at radius 1 is 1.45 bits per heavy atom. The molecule has 0 saturated carbocycles. The van der Waals surface area contributed by atoms with Crippen molar-refractivity contribution in [2.24, 2.45) is 5.41 Å². The number of carboxylic acids is 1. The summed E-state index contributed by atoms with van der Waals surface area (Å²) in [5.74, 6) is -0.850. The largest absolute Gasteiger partial charge is 0.481 e. The molecule has 0 aromatic heterocycles. The number of carbonyl (C=O) groups is 2. The van der Waals surface area contributed by atoms with Crippen molar-refractivity contribution in [3.8, 4) is 0 Å². The third kappa shape index (κ3) is 3.30. The molecule has 1 aromatic rings. The molecule has 20 heavy (non-hydrogen) atoms. The van der Waals surface area contributed by atoms with Crippen LogP contribution in [0.1, 0.15) is 19.8 Å². The number of nitrogens with one attached hydrogen (secondary N) is 1. The highest BCUT2D eigenvalue weighted by molar-refractivity contribution is 9.10. The molecular weight excluding hydrogens is 324 g/mol. The van der Waals surface area contributed by atoms with Crippen LogP contribution in [0.25, 0.3) is 0 Å². The molecule has 1 aromatic carbocycles. The molecule has 5 nitrogen and oxygen atoms in total. The topological polar surface area (TPSA) is 69.6 Å². The Morgan fingerprint density at radius 3 is 2.85 bits per heavy atom. The maximum absolute atomic E-state index is 12.2. The van der Waals surface area contributed by atoms with Crippen molar-refractivity contribution < 1.29 is 14.7 Å². The van der Waals surface area contributed by atoms with Crippen LogP contribution in [0.3, 0.4) is 0 Å². The number of carboxylic acid groups (broad SMARTS) is 1. The lowest BCUT2D eigenvalue weighted by Gasteiger charge is -2.37. The molecule has 0 radical (unpaired) electrons. The third-order valence-corrected chi connectivity index (χ3v) is 4.07. The minimum absolute atomic E-state index is 0.238. The lowest BCUT2D eigenvalue weighted by Crippen LogP contribution is -2.49. The van der Waals surface area contributed by atoms with Crippen molar-refractivity contribution in [2.45, 2.75) is 19.8 Å². The molecule has 0 bridgehead atoms. The standard InChI is InChI=1S/C14H17BrN2O3/c1-14(12(18)19)6-3-7-17(9-14)13(20)16-11-5-2-4-10(15)8-11/h2,4-5,8H,3,6-7,9H2,1H3,(H,16,20)(H,18,19). The predicted octanol–water partition coefficient (Wildman–Crippen LogP) is 3.17. The molecule has 1 unspecified atom stereocenters. The highest BCUT2D eigenvalue weighted by Gasteiger charge is 2.39. The summed E-state index contributed by atoms with van der Waals surface area (Å²) in [5, 5.41) is 12.1. The lowest BCUT2D eigenvalue weighted by atomic mass is 9.82. The van der Waals surface area contributed by atoms with E-state index in [1.807, 2.05) is 12.1 Å². The number of amides is 2. The highest BCUT2D eigenvalue weighted by Crippen LogP contribution is 2.30. The van der Waals surface area contributed by atoms with E-state index in [-0.39, 0.29) is 12.6 Å². The van der Waals surface area contributed by atoms with Gasteiger partial charge in [0.15, 0.2) is 0 Å². The molecule has 0 spiro atoms. The fourth-order valence-corrected chi connectivity index (χ4v) is 2.76. The van der Waals surface area contributed by atoms with Crippen molar-refractivity contribution in [3.05, 3.63) is 28.7 Å². The van der Waals surface area contributed by atoms with Gasteiger partial charge in [0.1, 0.15) is 0 Å². The Labute approximate surface area is 126 Å². The zero-order valence-corrected chi connectivity index (χ0v) is 12.8. The number of hydrogen-bond donors (Lipinski definition) is 2. The van der Waals surface area contributed by atoms with E-state index in [1.54, 1.807) is 24.0 Å². The minimum Gasteiger partial charge on any atom is -0.481 e. The maximum Gasteiger partial charge on any atom is 0.321 e. The average molecular weight is 341 g/mol. The van der Waals surface area contributed by atoms with Crippen LogP contribution < -0.4 is 5.32 Å². The second-order valence-corrected chi connectivity index (χ2v) is 6.25. The molecule has 1 fully saturated rings. The van der Waals surface area contributed by atoms with E-state index in [1.165, 1.54) is 0 Å². The smallest absolute Gasteiger partial charge is 0.321 e. The average Bonchev–Trinajstić information content (AvgIpc) is 2.38. The number of benzene rings is 1. The van der Waals surface area contributed by atoms with E-state index in [4.69, 9.17) is 0 Å². The molecule has 1 aliphatic rings. The molecular formula is C14H17BrN2O3. The zero-order valence-electron chi connectivity index (χ0n) is 11.2. The van der Waals surface area contributed by atoms with Gasteiger partial charge in [-0.1, -0.05) is 22.0 Å². The Kier molecular flexibility index (Phi) is 4.32. The number of anilines is 1. The summed E-state index contributed by atoms with van der Waals surface area (Å²) in [5.41, 5.74) is -0.167. The predicted molar refractivity (Wildman–Crippen MR) is 79.7 cm³/mol. The summed E-state index contributed by atoms with van der Waals surface area (Å²) in [4.78, 5) is 25.0. The molecule has 1 heterocycles. The summed E-state index contributed by atoms with van der Waals surface area (Å²) in [6.45, 7) is 2.51. The van der Waals surface area contributed by atoms with Gasteiger partial charge in [-0.15, -0.1) is 0 Å². The van der Waals surface area contributed by atoms with Crippen molar-refractivity contribution in [1.29, 1.82) is 0 Å². The SMILES string of the molecule is CC1(C(=O)O)CCCN(C(=O)Nc2cccc(Br)c2)C1. The summed E-state index contributed by atoms with van der Waals surface area (Å²) in [6, 6.07) is 7.05. The van der Waals surface area contributed by atoms with Crippen molar-refractivity contribution in [3.63, 3.8) is 0 Å². The number of piperidine rings is 1. The molecule has 1 saturated heterocycles. The van der Waals surface area contributed by atoms with Crippen LogP contribution in [0.4, 0.5) is 10.5 Å². The molecule has 0 aliphatic carbocycles. The number of carbonyl (C=O) groups excluding carboxylic acids is 1. The summed E-state index contributed by atoms with van der Waals surface area (Å²) < 4.78 is 0.879. The van der Waals surface area contributed by atoms with Gasteiger partial charge < -0.3 is 15.3 Å². The van der Waals surface area contributed by atoms with Crippen molar-refractivity contribution >= 4 is 33.6 Å². The fraction of sp³-hybridized carbons (Fsp3) is 0.429. The molecule has 1 atom stereocenters. The van der Waals surface area contributed by atoms with E-state index >= 15 is 0 Å². The van der Waals surface area contributed by atoms with Gasteiger partial charge in [-0.3, -0.25) is 4.79 Å². The first-order valence-electron chi connectivity index (χ1n) is 6.46. The second kappa shape index (κ2) is 5.83. The quantitative estimate of drug-likeness (QED) is 0.868. The van der Waals surface area contributed by atoms with E-state index < -0.39 is 11.4 Å². The third-order valence-electron chi connectivity index (χ3n) is 3.58. The molecule has 2 rings (SSSR count). The number of hydrogen-bond acceptors (Lipinski definition) is 2. The van der Waals surface area contributed by atoms with Crippen LogP contribution in [0.2, 0.25) is 0 Å². The van der Waals surface area contributed by atoms with E-state index in [0.717, 1.165) is 4.47 Å². The summed E-state index contributed by atoms with van der Waals surface area (Å²) >= 11 is 3.34. The van der Waals surface area contributed by atoms with Gasteiger partial charge in [-0.2, -0.15) is 0 Å². The normalized spacial score (nSPS) is 22.4. The number of halogens is 1. The van der Waals surface area contributed by atoms with E-state index in [2.05, 4.69) is 21.2 Å². The number of aliphatic carboxylic acids is 1.